The highest BCUT2D eigenvalue weighted by Crippen LogP contribution is 2.30. The van der Waals surface area contributed by atoms with Crippen molar-refractivity contribution in [3.8, 4) is 0 Å². The molecule has 0 bridgehead atoms. The lowest BCUT2D eigenvalue weighted by Gasteiger charge is -2.36. The molecule has 1 aliphatic rings. The van der Waals surface area contributed by atoms with Crippen molar-refractivity contribution in [1.29, 1.82) is 0 Å². The van der Waals surface area contributed by atoms with Gasteiger partial charge in [-0.25, -0.2) is 8.42 Å². The molecular weight excluding hydrogens is 397 g/mol. The maximum Gasteiger partial charge on any atom is 0.416 e. The van der Waals surface area contributed by atoms with Crippen LogP contribution in [0.3, 0.4) is 0 Å². The molecule has 1 aliphatic heterocycles. The Balaban J connectivity index is 1.60. The van der Waals surface area contributed by atoms with Crippen LogP contribution in [0, 0.1) is 0 Å². The summed E-state index contributed by atoms with van der Waals surface area (Å²) in [6, 6.07) is 8.79. The topological polar surface area (TPSA) is 40.6 Å². The lowest BCUT2D eigenvalue weighted by atomic mass is 10.0. The van der Waals surface area contributed by atoms with Crippen LogP contribution in [0.5, 0.6) is 0 Å². The zero-order chi connectivity index (χ0) is 19.7. The molecular formula is C18H21F3N2O2S2. The maximum absolute atomic E-state index is 12.9. The quantitative estimate of drug-likeness (QED) is 0.736. The summed E-state index contributed by atoms with van der Waals surface area (Å²) in [6.45, 7) is 1.22. The molecule has 0 aliphatic carbocycles. The number of thiophene rings is 1. The molecule has 3 rings (SSSR count). The van der Waals surface area contributed by atoms with E-state index in [4.69, 9.17) is 0 Å². The smallest absolute Gasteiger partial charge is 0.299 e. The number of hydrogen-bond acceptors (Lipinski definition) is 4. The van der Waals surface area contributed by atoms with Gasteiger partial charge in [0.15, 0.2) is 0 Å². The van der Waals surface area contributed by atoms with Gasteiger partial charge in [0.2, 0.25) is 0 Å². The Morgan fingerprint density at radius 1 is 1.19 bits per heavy atom. The summed E-state index contributed by atoms with van der Waals surface area (Å²) in [5, 5.41) is 1.74. The molecule has 1 aromatic heterocycles. The fourth-order valence-electron chi connectivity index (χ4n) is 3.32. The SMILES string of the molecule is CN(Cc1cccc(C(F)(F)F)c1)C1CCN(S(=O)(=O)c2cccs2)CC1. The van der Waals surface area contributed by atoms with Crippen molar-refractivity contribution < 1.29 is 21.6 Å². The summed E-state index contributed by atoms with van der Waals surface area (Å²) in [7, 11) is -1.57. The Morgan fingerprint density at radius 2 is 1.89 bits per heavy atom. The van der Waals surface area contributed by atoms with Crippen LogP contribution < -0.4 is 0 Å². The van der Waals surface area contributed by atoms with E-state index in [0.717, 1.165) is 6.07 Å². The lowest BCUT2D eigenvalue weighted by molar-refractivity contribution is -0.137. The zero-order valence-corrected chi connectivity index (χ0v) is 16.4. The molecule has 0 amide bonds. The number of hydrogen-bond donors (Lipinski definition) is 0. The molecule has 27 heavy (non-hydrogen) atoms. The fraction of sp³-hybridized carbons (Fsp3) is 0.444. The van der Waals surface area contributed by atoms with Crippen molar-refractivity contribution in [3.05, 3.63) is 52.9 Å². The average Bonchev–Trinajstić information content (AvgIpc) is 3.17. The molecule has 0 radical (unpaired) electrons. The second-order valence-electron chi connectivity index (χ2n) is 6.68. The molecule has 148 valence electrons. The summed E-state index contributed by atoms with van der Waals surface area (Å²) < 4.78 is 65.5. The van der Waals surface area contributed by atoms with Gasteiger partial charge < -0.3 is 0 Å². The normalized spacial score (nSPS) is 17.5. The van der Waals surface area contributed by atoms with Crippen LogP contribution in [0.1, 0.15) is 24.0 Å². The minimum absolute atomic E-state index is 0.134. The predicted molar refractivity (Wildman–Crippen MR) is 99.0 cm³/mol. The van der Waals surface area contributed by atoms with Gasteiger partial charge in [-0.2, -0.15) is 17.5 Å². The average molecular weight is 419 g/mol. The van der Waals surface area contributed by atoms with E-state index >= 15 is 0 Å². The van der Waals surface area contributed by atoms with Gasteiger partial charge in [-0.05, 0) is 43.0 Å². The highest BCUT2D eigenvalue weighted by Gasteiger charge is 2.32. The summed E-state index contributed by atoms with van der Waals surface area (Å²) in [5.74, 6) is 0. The van der Waals surface area contributed by atoms with Crippen molar-refractivity contribution >= 4 is 21.4 Å². The van der Waals surface area contributed by atoms with Crippen LogP contribution in [0.2, 0.25) is 0 Å². The first-order valence-corrected chi connectivity index (χ1v) is 10.9. The Bertz CT molecular complexity index is 859. The molecule has 1 saturated heterocycles. The Hall–Kier alpha value is -1.42. The zero-order valence-electron chi connectivity index (χ0n) is 14.8. The van der Waals surface area contributed by atoms with Crippen molar-refractivity contribution in [2.24, 2.45) is 0 Å². The van der Waals surface area contributed by atoms with Gasteiger partial charge >= 0.3 is 6.18 Å². The van der Waals surface area contributed by atoms with Crippen LogP contribution in [0.15, 0.2) is 46.0 Å². The van der Waals surface area contributed by atoms with E-state index in [-0.39, 0.29) is 6.04 Å². The van der Waals surface area contributed by atoms with Gasteiger partial charge in [-0.3, -0.25) is 4.90 Å². The molecule has 0 saturated carbocycles. The third kappa shape index (κ3) is 4.71. The standard InChI is InChI=1S/C18H21F3N2O2S2/c1-22(13-14-4-2-5-15(12-14)18(19,20)21)16-7-9-23(10-8-16)27(24,25)17-6-3-11-26-17/h2-6,11-12,16H,7-10,13H2,1H3. The van der Waals surface area contributed by atoms with Crippen molar-refractivity contribution in [1.82, 2.24) is 9.21 Å². The predicted octanol–water partition coefficient (Wildman–Crippen LogP) is 4.05. The molecule has 9 heteroatoms. The van der Waals surface area contributed by atoms with Gasteiger partial charge in [0.25, 0.3) is 10.0 Å². The van der Waals surface area contributed by atoms with E-state index in [1.165, 1.54) is 27.8 Å². The number of benzene rings is 1. The van der Waals surface area contributed by atoms with E-state index in [1.807, 2.05) is 11.9 Å². The summed E-state index contributed by atoms with van der Waals surface area (Å²) >= 11 is 1.20. The van der Waals surface area contributed by atoms with Gasteiger partial charge in [0.1, 0.15) is 4.21 Å². The number of rotatable bonds is 5. The summed E-state index contributed by atoms with van der Waals surface area (Å²) in [5.41, 5.74) is -0.0498. The van der Waals surface area contributed by atoms with E-state index < -0.39 is 21.8 Å². The molecule has 0 unspecified atom stereocenters. The van der Waals surface area contributed by atoms with E-state index in [1.54, 1.807) is 23.6 Å². The summed E-state index contributed by atoms with van der Waals surface area (Å²) in [6.07, 6.45) is -3.05. The largest absolute Gasteiger partial charge is 0.416 e. The van der Waals surface area contributed by atoms with Gasteiger partial charge in [-0.1, -0.05) is 24.3 Å². The molecule has 0 atom stereocenters. The van der Waals surface area contributed by atoms with Crippen molar-refractivity contribution in [2.45, 2.75) is 35.8 Å². The van der Waals surface area contributed by atoms with Crippen molar-refractivity contribution in [3.63, 3.8) is 0 Å². The van der Waals surface area contributed by atoms with Crippen LogP contribution in [-0.2, 0) is 22.7 Å². The highest BCUT2D eigenvalue weighted by molar-refractivity contribution is 7.91. The molecule has 2 heterocycles. The van der Waals surface area contributed by atoms with Crippen LogP contribution >= 0.6 is 11.3 Å². The third-order valence-corrected chi connectivity index (χ3v) is 8.09. The summed E-state index contributed by atoms with van der Waals surface area (Å²) in [4.78, 5) is 2.00. The lowest BCUT2D eigenvalue weighted by Crippen LogP contribution is -2.45. The number of nitrogens with zero attached hydrogens (tertiary/aromatic N) is 2. The monoisotopic (exact) mass is 418 g/mol. The molecule has 0 spiro atoms. The van der Waals surface area contributed by atoms with E-state index in [0.29, 0.717) is 42.2 Å². The van der Waals surface area contributed by atoms with Gasteiger partial charge in [0.05, 0.1) is 5.56 Å². The Morgan fingerprint density at radius 3 is 2.48 bits per heavy atom. The minimum Gasteiger partial charge on any atom is -0.299 e. The highest BCUT2D eigenvalue weighted by atomic mass is 32.2. The van der Waals surface area contributed by atoms with E-state index in [2.05, 4.69) is 0 Å². The molecule has 0 N–H and O–H groups in total. The molecule has 1 aromatic carbocycles. The Labute approximate surface area is 161 Å². The second kappa shape index (κ2) is 7.90. The number of halogens is 3. The van der Waals surface area contributed by atoms with Gasteiger partial charge in [0, 0.05) is 25.7 Å². The van der Waals surface area contributed by atoms with Crippen LogP contribution in [-0.4, -0.2) is 43.8 Å². The van der Waals surface area contributed by atoms with Gasteiger partial charge in [-0.15, -0.1) is 11.3 Å². The van der Waals surface area contributed by atoms with E-state index in [9.17, 15) is 21.6 Å². The molecule has 1 fully saturated rings. The van der Waals surface area contributed by atoms with Crippen molar-refractivity contribution in [2.75, 3.05) is 20.1 Å². The second-order valence-corrected chi connectivity index (χ2v) is 9.79. The number of alkyl halides is 3. The molecule has 4 nitrogen and oxygen atoms in total. The minimum atomic E-state index is -4.35. The third-order valence-electron chi connectivity index (χ3n) is 4.82. The van der Waals surface area contributed by atoms with Crippen LogP contribution in [0.25, 0.3) is 0 Å². The number of piperidine rings is 1. The maximum atomic E-state index is 12.9. The van der Waals surface area contributed by atoms with Crippen LogP contribution in [0.4, 0.5) is 13.2 Å². The first-order chi connectivity index (χ1) is 12.7. The Kier molecular flexibility index (Phi) is 5.95. The number of sulfonamides is 1. The molecule has 2 aromatic rings. The first kappa shape index (κ1) is 20.3. The first-order valence-electron chi connectivity index (χ1n) is 8.58. The fourth-order valence-corrected chi connectivity index (χ4v) is 5.94.